The van der Waals surface area contributed by atoms with Gasteiger partial charge in [-0.15, -0.1) is 0 Å². The van der Waals surface area contributed by atoms with Gasteiger partial charge in [-0.3, -0.25) is 18.7 Å². The number of aromatic nitrogens is 3. The summed E-state index contributed by atoms with van der Waals surface area (Å²) >= 11 is 3.35. The standard InChI is InChI=1S/C18H18BrN5O3/c1-23-13-7-8-14(22-17(13)24(2)18(23)27)21-16(26)10-9-15(25)20-12-6-4-3-5-11(12)19/h3-8H,9-10H2,1-2H3,(H,20,25)(H,21,22,26). The van der Waals surface area contributed by atoms with Gasteiger partial charge in [0.2, 0.25) is 11.8 Å². The fourth-order valence-corrected chi connectivity index (χ4v) is 3.03. The number of amides is 2. The van der Waals surface area contributed by atoms with Crippen LogP contribution >= 0.6 is 15.9 Å². The number of carbonyl (C=O) groups excluding carboxylic acids is 2. The monoisotopic (exact) mass is 431 g/mol. The van der Waals surface area contributed by atoms with Crippen LogP contribution in [0.2, 0.25) is 0 Å². The summed E-state index contributed by atoms with van der Waals surface area (Å²) in [5, 5.41) is 5.40. The molecule has 0 saturated heterocycles. The quantitative estimate of drug-likeness (QED) is 0.647. The van der Waals surface area contributed by atoms with Crippen LogP contribution in [0.4, 0.5) is 11.5 Å². The van der Waals surface area contributed by atoms with Crippen molar-refractivity contribution in [2.45, 2.75) is 12.8 Å². The maximum atomic E-state index is 12.1. The first-order valence-corrected chi connectivity index (χ1v) is 9.03. The number of pyridine rings is 1. The summed E-state index contributed by atoms with van der Waals surface area (Å²) in [4.78, 5) is 40.4. The first-order chi connectivity index (χ1) is 12.9. The first kappa shape index (κ1) is 18.8. The van der Waals surface area contributed by atoms with Crippen molar-refractivity contribution in [1.29, 1.82) is 0 Å². The summed E-state index contributed by atoms with van der Waals surface area (Å²) in [7, 11) is 3.28. The van der Waals surface area contributed by atoms with Gasteiger partial charge in [0.25, 0.3) is 0 Å². The molecule has 9 heteroatoms. The van der Waals surface area contributed by atoms with E-state index < -0.39 is 0 Å². The van der Waals surface area contributed by atoms with Crippen molar-refractivity contribution < 1.29 is 9.59 Å². The summed E-state index contributed by atoms with van der Waals surface area (Å²) in [5.74, 6) is -0.254. The summed E-state index contributed by atoms with van der Waals surface area (Å²) in [5.41, 5.74) is 1.62. The second-order valence-corrected chi connectivity index (χ2v) is 6.87. The number of imidazole rings is 1. The molecule has 0 atom stereocenters. The minimum absolute atomic E-state index is 0.0176. The van der Waals surface area contributed by atoms with Crippen LogP contribution in [0, 0.1) is 0 Å². The lowest BCUT2D eigenvalue weighted by Crippen LogP contribution is -2.19. The molecule has 3 aromatic rings. The molecule has 0 aliphatic rings. The second kappa shape index (κ2) is 7.75. The molecule has 2 amide bonds. The first-order valence-electron chi connectivity index (χ1n) is 8.23. The Hall–Kier alpha value is -2.94. The highest BCUT2D eigenvalue weighted by molar-refractivity contribution is 9.10. The molecule has 8 nitrogen and oxygen atoms in total. The number of para-hydroxylation sites is 1. The minimum atomic E-state index is -0.329. The number of carbonyl (C=O) groups is 2. The zero-order chi connectivity index (χ0) is 19.6. The second-order valence-electron chi connectivity index (χ2n) is 6.02. The molecule has 1 aromatic carbocycles. The van der Waals surface area contributed by atoms with E-state index in [0.29, 0.717) is 22.7 Å². The Balaban J connectivity index is 1.60. The number of nitrogens with zero attached hydrogens (tertiary/aromatic N) is 3. The Morgan fingerprint density at radius 1 is 1.00 bits per heavy atom. The van der Waals surface area contributed by atoms with E-state index in [1.807, 2.05) is 18.2 Å². The maximum Gasteiger partial charge on any atom is 0.329 e. The number of benzene rings is 1. The topological polar surface area (TPSA) is 98.0 Å². The smallest absolute Gasteiger partial charge is 0.325 e. The average Bonchev–Trinajstić information content (AvgIpc) is 2.86. The summed E-state index contributed by atoms with van der Waals surface area (Å²) in [6.45, 7) is 0. The number of aryl methyl sites for hydroxylation is 2. The van der Waals surface area contributed by atoms with E-state index in [1.165, 1.54) is 9.13 Å². The number of halogens is 1. The van der Waals surface area contributed by atoms with Gasteiger partial charge in [-0.05, 0) is 40.2 Å². The summed E-state index contributed by atoms with van der Waals surface area (Å²) in [6.07, 6.45) is 0.0585. The highest BCUT2D eigenvalue weighted by Crippen LogP contribution is 2.21. The molecule has 0 aliphatic heterocycles. The Bertz CT molecular complexity index is 1090. The molecule has 0 unspecified atom stereocenters. The Morgan fingerprint density at radius 2 is 1.67 bits per heavy atom. The van der Waals surface area contributed by atoms with Crippen molar-refractivity contribution in [2.75, 3.05) is 10.6 Å². The van der Waals surface area contributed by atoms with E-state index in [9.17, 15) is 14.4 Å². The van der Waals surface area contributed by atoms with E-state index in [2.05, 4.69) is 31.5 Å². The van der Waals surface area contributed by atoms with Crippen molar-refractivity contribution in [2.24, 2.45) is 14.1 Å². The maximum absolute atomic E-state index is 12.1. The number of hydrogen-bond donors (Lipinski definition) is 2. The molecule has 0 fully saturated rings. The molecule has 0 saturated carbocycles. The molecule has 0 bridgehead atoms. The molecule has 0 spiro atoms. The summed E-state index contributed by atoms with van der Waals surface area (Å²) in [6, 6.07) is 10.6. The fraction of sp³-hybridized carbons (Fsp3) is 0.222. The zero-order valence-corrected chi connectivity index (χ0v) is 16.4. The highest BCUT2D eigenvalue weighted by atomic mass is 79.9. The van der Waals surface area contributed by atoms with E-state index in [4.69, 9.17) is 0 Å². The van der Waals surface area contributed by atoms with Gasteiger partial charge in [0.05, 0.1) is 11.2 Å². The SMILES string of the molecule is Cn1c(=O)n(C)c2nc(NC(=O)CCC(=O)Nc3ccccc3Br)ccc21. The van der Waals surface area contributed by atoms with Gasteiger partial charge in [0.1, 0.15) is 5.82 Å². The van der Waals surface area contributed by atoms with Gasteiger partial charge in [-0.25, -0.2) is 9.78 Å². The Kier molecular flexibility index (Phi) is 5.41. The average molecular weight is 432 g/mol. The van der Waals surface area contributed by atoms with Crippen molar-refractivity contribution in [1.82, 2.24) is 14.1 Å². The van der Waals surface area contributed by atoms with Crippen LogP contribution < -0.4 is 16.3 Å². The lowest BCUT2D eigenvalue weighted by molar-refractivity contribution is -0.121. The van der Waals surface area contributed by atoms with Crippen LogP contribution in [-0.2, 0) is 23.7 Å². The highest BCUT2D eigenvalue weighted by Gasteiger charge is 2.12. The summed E-state index contributed by atoms with van der Waals surface area (Å²) < 4.78 is 3.67. The van der Waals surface area contributed by atoms with E-state index in [1.54, 1.807) is 32.3 Å². The molecule has 2 heterocycles. The third kappa shape index (κ3) is 4.08. The Labute approximate surface area is 163 Å². The van der Waals surface area contributed by atoms with Gasteiger partial charge in [0, 0.05) is 31.4 Å². The lowest BCUT2D eigenvalue weighted by atomic mass is 10.2. The fourth-order valence-electron chi connectivity index (χ4n) is 2.65. The van der Waals surface area contributed by atoms with E-state index in [-0.39, 0.29) is 30.3 Å². The molecule has 27 heavy (non-hydrogen) atoms. The molecule has 0 radical (unpaired) electrons. The Morgan fingerprint density at radius 3 is 2.37 bits per heavy atom. The van der Waals surface area contributed by atoms with Crippen LogP contribution in [0.25, 0.3) is 11.2 Å². The zero-order valence-electron chi connectivity index (χ0n) is 14.8. The minimum Gasteiger partial charge on any atom is -0.325 e. The van der Waals surface area contributed by atoms with Crippen molar-refractivity contribution >= 4 is 50.4 Å². The third-order valence-corrected chi connectivity index (χ3v) is 4.79. The molecule has 2 aromatic heterocycles. The van der Waals surface area contributed by atoms with Crippen LogP contribution in [0.1, 0.15) is 12.8 Å². The number of nitrogens with one attached hydrogen (secondary N) is 2. The van der Waals surface area contributed by atoms with Gasteiger partial charge >= 0.3 is 5.69 Å². The number of hydrogen-bond acceptors (Lipinski definition) is 4. The van der Waals surface area contributed by atoms with Gasteiger partial charge in [-0.1, -0.05) is 12.1 Å². The van der Waals surface area contributed by atoms with Crippen LogP contribution in [0.5, 0.6) is 0 Å². The third-order valence-electron chi connectivity index (χ3n) is 4.10. The van der Waals surface area contributed by atoms with Gasteiger partial charge < -0.3 is 10.6 Å². The predicted octanol–water partition coefficient (Wildman–Crippen LogP) is 2.39. The molecular weight excluding hydrogens is 414 g/mol. The van der Waals surface area contributed by atoms with Gasteiger partial charge in [0.15, 0.2) is 5.65 Å². The van der Waals surface area contributed by atoms with Crippen molar-refractivity contribution in [3.63, 3.8) is 0 Å². The van der Waals surface area contributed by atoms with Crippen LogP contribution in [-0.4, -0.2) is 25.9 Å². The normalized spacial score (nSPS) is 10.8. The molecular formula is C18H18BrN5O3. The van der Waals surface area contributed by atoms with Crippen LogP contribution in [0.15, 0.2) is 45.7 Å². The number of fused-ring (bicyclic) bond motifs is 1. The molecule has 2 N–H and O–H groups in total. The lowest BCUT2D eigenvalue weighted by Gasteiger charge is -2.07. The number of anilines is 2. The molecule has 140 valence electrons. The largest absolute Gasteiger partial charge is 0.329 e. The van der Waals surface area contributed by atoms with E-state index >= 15 is 0 Å². The number of rotatable bonds is 5. The van der Waals surface area contributed by atoms with Crippen LogP contribution in [0.3, 0.4) is 0 Å². The van der Waals surface area contributed by atoms with E-state index in [0.717, 1.165) is 4.47 Å². The predicted molar refractivity (Wildman–Crippen MR) is 107 cm³/mol. The molecule has 3 rings (SSSR count). The van der Waals surface area contributed by atoms with Crippen molar-refractivity contribution in [3.8, 4) is 0 Å². The molecule has 0 aliphatic carbocycles. The van der Waals surface area contributed by atoms with Gasteiger partial charge in [-0.2, -0.15) is 0 Å². The van der Waals surface area contributed by atoms with Crippen molar-refractivity contribution in [3.05, 3.63) is 51.4 Å².